The second kappa shape index (κ2) is 10.6. The minimum Gasteiger partial charge on any atom is -0.494 e. The molecule has 0 aliphatic carbocycles. The predicted molar refractivity (Wildman–Crippen MR) is 108 cm³/mol. The van der Waals surface area contributed by atoms with Gasteiger partial charge < -0.3 is 14.8 Å². The first-order chi connectivity index (χ1) is 13.3. The Morgan fingerprint density at radius 1 is 1.18 bits per heavy atom. The van der Waals surface area contributed by atoms with E-state index in [2.05, 4.69) is 10.2 Å². The highest BCUT2D eigenvalue weighted by molar-refractivity contribution is 7.88. The number of carbonyl (C=O) groups excluding carboxylic acids is 1. The molecule has 0 atom stereocenters. The number of sulfonamides is 1. The van der Waals surface area contributed by atoms with Gasteiger partial charge >= 0.3 is 0 Å². The van der Waals surface area contributed by atoms with Crippen molar-refractivity contribution < 1.29 is 22.7 Å². The van der Waals surface area contributed by atoms with Crippen molar-refractivity contribution in [1.29, 1.82) is 0 Å². The Labute approximate surface area is 167 Å². The van der Waals surface area contributed by atoms with E-state index in [1.54, 1.807) is 7.05 Å². The number of hydrogen-bond donors (Lipinski definition) is 1. The molecule has 1 aliphatic heterocycles. The summed E-state index contributed by atoms with van der Waals surface area (Å²) in [6.45, 7) is 5.11. The molecule has 0 bridgehead atoms. The zero-order chi connectivity index (χ0) is 20.6. The van der Waals surface area contributed by atoms with Crippen molar-refractivity contribution in [2.45, 2.75) is 25.8 Å². The lowest BCUT2D eigenvalue weighted by Gasteiger charge is -2.35. The zero-order valence-corrected chi connectivity index (χ0v) is 17.7. The lowest BCUT2D eigenvalue weighted by atomic mass is 10.1. The second-order valence-corrected chi connectivity index (χ2v) is 8.93. The SMILES string of the molecule is CCOc1ccc(OCCNC(=O)CN2CCC(N(C)S(C)(=O)=O)CC2)cc1. The molecule has 0 radical (unpaired) electrons. The lowest BCUT2D eigenvalue weighted by molar-refractivity contribution is -0.122. The number of rotatable bonds is 10. The molecule has 158 valence electrons. The molecule has 0 unspecified atom stereocenters. The molecule has 8 nitrogen and oxygen atoms in total. The number of ether oxygens (including phenoxy) is 2. The molecule has 1 saturated heterocycles. The Kier molecular flexibility index (Phi) is 8.53. The fourth-order valence-corrected chi connectivity index (χ4v) is 3.88. The molecule has 1 aliphatic rings. The summed E-state index contributed by atoms with van der Waals surface area (Å²) in [6.07, 6.45) is 2.69. The third-order valence-corrected chi connectivity index (χ3v) is 6.13. The second-order valence-electron chi connectivity index (χ2n) is 6.89. The number of nitrogens with zero attached hydrogens (tertiary/aromatic N) is 2. The van der Waals surface area contributed by atoms with E-state index in [1.165, 1.54) is 10.6 Å². The summed E-state index contributed by atoms with van der Waals surface area (Å²) in [5, 5.41) is 2.85. The summed E-state index contributed by atoms with van der Waals surface area (Å²) in [4.78, 5) is 14.1. The standard InChI is InChI=1S/C19H31N3O5S/c1-4-26-17-5-7-18(8-6-17)27-14-11-20-19(23)15-22-12-9-16(10-13-22)21(2)28(3,24)25/h5-8,16H,4,9-15H2,1-3H3,(H,20,23). The fourth-order valence-electron chi connectivity index (χ4n) is 3.13. The molecule has 0 aromatic heterocycles. The van der Waals surface area contributed by atoms with Crippen LogP contribution in [0.4, 0.5) is 0 Å². The minimum atomic E-state index is -3.17. The summed E-state index contributed by atoms with van der Waals surface area (Å²) in [5.74, 6) is 1.48. The van der Waals surface area contributed by atoms with Crippen LogP contribution in [0.2, 0.25) is 0 Å². The number of benzene rings is 1. The minimum absolute atomic E-state index is 0.0109. The van der Waals surface area contributed by atoms with Crippen LogP contribution in [-0.4, -0.2) is 82.3 Å². The van der Waals surface area contributed by atoms with Crippen molar-refractivity contribution >= 4 is 15.9 Å². The molecule has 1 aromatic carbocycles. The summed E-state index contributed by atoms with van der Waals surface area (Å²) in [7, 11) is -1.55. The van der Waals surface area contributed by atoms with Gasteiger partial charge in [0, 0.05) is 26.2 Å². The highest BCUT2D eigenvalue weighted by Crippen LogP contribution is 2.18. The Morgan fingerprint density at radius 3 is 2.29 bits per heavy atom. The molecule has 2 rings (SSSR count). The number of nitrogens with one attached hydrogen (secondary N) is 1. The molecule has 1 amide bonds. The molecule has 1 aromatic rings. The maximum atomic E-state index is 12.1. The van der Waals surface area contributed by atoms with Gasteiger partial charge in [-0.2, -0.15) is 0 Å². The first-order valence-corrected chi connectivity index (χ1v) is 11.4. The van der Waals surface area contributed by atoms with Crippen LogP contribution in [0.1, 0.15) is 19.8 Å². The quantitative estimate of drug-likeness (QED) is 0.575. The average Bonchev–Trinajstić information content (AvgIpc) is 2.66. The molecule has 0 spiro atoms. The van der Waals surface area contributed by atoms with Gasteiger partial charge in [-0.15, -0.1) is 0 Å². The summed E-state index contributed by atoms with van der Waals surface area (Å²) < 4.78 is 35.6. The third-order valence-electron chi connectivity index (χ3n) is 4.79. The van der Waals surface area contributed by atoms with E-state index in [-0.39, 0.29) is 11.9 Å². The van der Waals surface area contributed by atoms with Crippen LogP contribution < -0.4 is 14.8 Å². The summed E-state index contributed by atoms with van der Waals surface area (Å²) >= 11 is 0. The summed E-state index contributed by atoms with van der Waals surface area (Å²) in [5.41, 5.74) is 0. The molecule has 1 N–H and O–H groups in total. The Balaban J connectivity index is 1.61. The molecular weight excluding hydrogens is 382 g/mol. The Hall–Kier alpha value is -1.84. The van der Waals surface area contributed by atoms with Gasteiger partial charge in [-0.1, -0.05) is 0 Å². The topological polar surface area (TPSA) is 88.2 Å². The lowest BCUT2D eigenvalue weighted by Crippen LogP contribution is -2.48. The van der Waals surface area contributed by atoms with Gasteiger partial charge in [0.15, 0.2) is 0 Å². The first-order valence-electron chi connectivity index (χ1n) is 9.57. The van der Waals surface area contributed by atoms with Crippen LogP contribution in [0.5, 0.6) is 11.5 Å². The first kappa shape index (κ1) is 22.4. The Bertz CT molecular complexity index is 716. The molecule has 9 heteroatoms. The van der Waals surface area contributed by atoms with E-state index in [4.69, 9.17) is 9.47 Å². The molecular formula is C19H31N3O5S. The maximum absolute atomic E-state index is 12.1. The van der Waals surface area contributed by atoms with Crippen molar-refractivity contribution in [3.05, 3.63) is 24.3 Å². The fraction of sp³-hybridized carbons (Fsp3) is 0.632. The van der Waals surface area contributed by atoms with Crippen LogP contribution in [0.25, 0.3) is 0 Å². The number of piperidine rings is 1. The van der Waals surface area contributed by atoms with Crippen molar-refractivity contribution in [2.24, 2.45) is 0 Å². The Morgan fingerprint density at radius 2 is 1.75 bits per heavy atom. The predicted octanol–water partition coefficient (Wildman–Crippen LogP) is 0.936. The van der Waals surface area contributed by atoms with Crippen LogP contribution in [0.15, 0.2) is 24.3 Å². The molecule has 0 saturated carbocycles. The van der Waals surface area contributed by atoms with E-state index in [9.17, 15) is 13.2 Å². The van der Waals surface area contributed by atoms with E-state index < -0.39 is 10.0 Å². The smallest absolute Gasteiger partial charge is 0.234 e. The van der Waals surface area contributed by atoms with Crippen molar-refractivity contribution in [1.82, 2.24) is 14.5 Å². The average molecular weight is 414 g/mol. The van der Waals surface area contributed by atoms with Gasteiger partial charge in [-0.3, -0.25) is 9.69 Å². The maximum Gasteiger partial charge on any atom is 0.234 e. The number of amides is 1. The normalized spacial score (nSPS) is 16.1. The van der Waals surface area contributed by atoms with Crippen LogP contribution in [0.3, 0.4) is 0 Å². The number of carbonyl (C=O) groups is 1. The van der Waals surface area contributed by atoms with Crippen molar-refractivity contribution in [3.63, 3.8) is 0 Å². The monoisotopic (exact) mass is 413 g/mol. The van der Waals surface area contributed by atoms with Gasteiger partial charge in [0.25, 0.3) is 0 Å². The van der Waals surface area contributed by atoms with Crippen molar-refractivity contribution in [2.75, 3.05) is 52.7 Å². The van der Waals surface area contributed by atoms with Gasteiger partial charge in [0.2, 0.25) is 15.9 Å². The van der Waals surface area contributed by atoms with Gasteiger partial charge in [-0.05, 0) is 44.0 Å². The molecule has 1 fully saturated rings. The van der Waals surface area contributed by atoms with E-state index in [0.29, 0.717) is 39.4 Å². The summed E-state index contributed by atoms with van der Waals surface area (Å²) in [6, 6.07) is 7.39. The van der Waals surface area contributed by atoms with Gasteiger partial charge in [0.1, 0.15) is 18.1 Å². The van der Waals surface area contributed by atoms with Gasteiger partial charge in [-0.25, -0.2) is 12.7 Å². The van der Waals surface area contributed by atoms with E-state index in [1.807, 2.05) is 31.2 Å². The largest absolute Gasteiger partial charge is 0.494 e. The molecule has 28 heavy (non-hydrogen) atoms. The third kappa shape index (κ3) is 7.29. The van der Waals surface area contributed by atoms with Gasteiger partial charge in [0.05, 0.1) is 26.0 Å². The van der Waals surface area contributed by atoms with Crippen LogP contribution in [0, 0.1) is 0 Å². The number of likely N-dealkylation sites (tertiary alicyclic amines) is 1. The number of hydrogen-bond acceptors (Lipinski definition) is 6. The van der Waals surface area contributed by atoms with E-state index in [0.717, 1.165) is 24.3 Å². The van der Waals surface area contributed by atoms with Crippen molar-refractivity contribution in [3.8, 4) is 11.5 Å². The molecule has 1 heterocycles. The highest BCUT2D eigenvalue weighted by atomic mass is 32.2. The zero-order valence-electron chi connectivity index (χ0n) is 16.9. The van der Waals surface area contributed by atoms with Crippen LogP contribution >= 0.6 is 0 Å². The highest BCUT2D eigenvalue weighted by Gasteiger charge is 2.27. The van der Waals surface area contributed by atoms with E-state index >= 15 is 0 Å². The van der Waals surface area contributed by atoms with Crippen LogP contribution in [-0.2, 0) is 14.8 Å².